The van der Waals surface area contributed by atoms with Crippen LogP contribution in [0.2, 0.25) is 5.02 Å². The largest absolute Gasteiger partial charge is 0.480 e. The molecule has 0 aliphatic carbocycles. The second kappa shape index (κ2) is 6.20. The van der Waals surface area contributed by atoms with E-state index in [-0.39, 0.29) is 10.6 Å². The van der Waals surface area contributed by atoms with Gasteiger partial charge in [0.2, 0.25) is 10.0 Å². The van der Waals surface area contributed by atoms with Crippen LogP contribution in [0.5, 0.6) is 0 Å². The van der Waals surface area contributed by atoms with Gasteiger partial charge in [-0.25, -0.2) is 8.42 Å². The third-order valence-electron chi connectivity index (χ3n) is 2.55. The van der Waals surface area contributed by atoms with Gasteiger partial charge in [-0.05, 0) is 17.7 Å². The summed E-state index contributed by atoms with van der Waals surface area (Å²) in [6.07, 6.45) is -4.58. The maximum absolute atomic E-state index is 12.5. The quantitative estimate of drug-likeness (QED) is 0.887. The average molecular weight is 346 g/mol. The molecule has 5 nitrogen and oxygen atoms in total. The number of alkyl halides is 3. The van der Waals surface area contributed by atoms with Crippen LogP contribution in [0.3, 0.4) is 0 Å². The molecule has 10 heteroatoms. The Bertz CT molecular complexity index is 645. The predicted molar refractivity (Wildman–Crippen MR) is 69.3 cm³/mol. The molecule has 1 aromatic rings. The van der Waals surface area contributed by atoms with Crippen molar-refractivity contribution in [3.63, 3.8) is 0 Å². The summed E-state index contributed by atoms with van der Waals surface area (Å²) in [6, 6.07) is 2.30. The molecule has 1 rings (SSSR count). The second-order valence-corrected chi connectivity index (χ2v) is 6.69. The lowest BCUT2D eigenvalue weighted by Crippen LogP contribution is -2.33. The summed E-state index contributed by atoms with van der Waals surface area (Å²) in [6.45, 7) is -0.749. The summed E-state index contributed by atoms with van der Waals surface area (Å²) >= 11 is 5.65. The highest BCUT2D eigenvalue weighted by atomic mass is 35.5. The minimum absolute atomic E-state index is 0.0399. The number of rotatable bonds is 5. The Morgan fingerprint density at radius 1 is 1.38 bits per heavy atom. The van der Waals surface area contributed by atoms with Gasteiger partial charge >= 0.3 is 12.1 Å². The molecule has 21 heavy (non-hydrogen) atoms. The van der Waals surface area contributed by atoms with Gasteiger partial charge in [-0.15, -0.1) is 0 Å². The van der Waals surface area contributed by atoms with Gasteiger partial charge in [-0.2, -0.15) is 17.5 Å². The lowest BCUT2D eigenvalue weighted by Gasteiger charge is -2.16. The van der Waals surface area contributed by atoms with Crippen LogP contribution >= 0.6 is 11.6 Å². The van der Waals surface area contributed by atoms with Crippen molar-refractivity contribution in [3.8, 4) is 0 Å². The smallest absolute Gasteiger partial charge is 0.416 e. The summed E-state index contributed by atoms with van der Waals surface area (Å²) < 4.78 is 61.7. The topological polar surface area (TPSA) is 74.7 Å². The molecule has 0 fully saturated rings. The fraction of sp³-hybridized carbons (Fsp3) is 0.364. The van der Waals surface area contributed by atoms with Crippen LogP contribution in [0.4, 0.5) is 13.2 Å². The number of hydrogen-bond donors (Lipinski definition) is 1. The number of carboxylic acid groups (broad SMARTS) is 1. The summed E-state index contributed by atoms with van der Waals surface area (Å²) in [5.41, 5.74) is -1.03. The molecule has 0 heterocycles. The summed E-state index contributed by atoms with van der Waals surface area (Å²) in [5.74, 6) is -2.03. The highest BCUT2D eigenvalue weighted by Gasteiger charge is 2.31. The number of carboxylic acids is 1. The fourth-order valence-corrected chi connectivity index (χ4v) is 2.94. The first-order valence-electron chi connectivity index (χ1n) is 5.45. The Labute approximate surface area is 124 Å². The van der Waals surface area contributed by atoms with Crippen LogP contribution in [0, 0.1) is 0 Å². The molecule has 0 saturated heterocycles. The van der Waals surface area contributed by atoms with Crippen molar-refractivity contribution >= 4 is 27.6 Å². The van der Waals surface area contributed by atoms with Crippen LogP contribution in [-0.4, -0.2) is 37.4 Å². The molecule has 1 aromatic carbocycles. The summed E-state index contributed by atoms with van der Waals surface area (Å²) in [4.78, 5) is 10.5. The van der Waals surface area contributed by atoms with Crippen LogP contribution in [0.15, 0.2) is 18.2 Å². The zero-order valence-electron chi connectivity index (χ0n) is 10.7. The minimum Gasteiger partial charge on any atom is -0.480 e. The lowest BCUT2D eigenvalue weighted by atomic mass is 10.1. The lowest BCUT2D eigenvalue weighted by molar-refractivity contribution is -0.138. The van der Waals surface area contributed by atoms with Crippen molar-refractivity contribution < 1.29 is 31.5 Å². The SMILES string of the molecule is CN(CC(=O)O)S(=O)(=O)Cc1ccc(C(F)(F)F)cc1Cl. The third kappa shape index (κ3) is 4.87. The molecule has 0 bridgehead atoms. The molecular weight excluding hydrogens is 335 g/mol. The average Bonchev–Trinajstić information content (AvgIpc) is 2.29. The molecule has 0 aliphatic rings. The molecule has 0 unspecified atom stereocenters. The van der Waals surface area contributed by atoms with E-state index in [1.54, 1.807) is 0 Å². The van der Waals surface area contributed by atoms with Gasteiger partial charge in [0.15, 0.2) is 0 Å². The van der Waals surface area contributed by atoms with Crippen LogP contribution in [0.1, 0.15) is 11.1 Å². The monoisotopic (exact) mass is 345 g/mol. The van der Waals surface area contributed by atoms with E-state index in [0.29, 0.717) is 16.4 Å². The molecule has 0 spiro atoms. The van der Waals surface area contributed by atoms with Crippen LogP contribution < -0.4 is 0 Å². The van der Waals surface area contributed by atoms with E-state index in [1.165, 1.54) is 0 Å². The fourth-order valence-electron chi connectivity index (χ4n) is 1.44. The summed E-state index contributed by atoms with van der Waals surface area (Å²) in [5, 5.41) is 8.19. The predicted octanol–water partition coefficient (Wildman–Crippen LogP) is 2.21. The molecule has 0 aliphatic heterocycles. The van der Waals surface area contributed by atoms with Crippen molar-refractivity contribution in [1.82, 2.24) is 4.31 Å². The van der Waals surface area contributed by atoms with Gasteiger partial charge in [0, 0.05) is 12.1 Å². The van der Waals surface area contributed by atoms with Gasteiger partial charge < -0.3 is 5.11 Å². The number of hydrogen-bond acceptors (Lipinski definition) is 3. The standard InChI is InChI=1S/C11H11ClF3NO4S/c1-16(5-10(17)18)21(19,20)6-7-2-3-8(4-9(7)12)11(13,14)15/h2-4H,5-6H2,1H3,(H,17,18). The Hall–Kier alpha value is -1.32. The number of sulfonamides is 1. The molecule has 0 atom stereocenters. The van der Waals surface area contributed by atoms with E-state index >= 15 is 0 Å². The molecule has 118 valence electrons. The Balaban J connectivity index is 3.01. The molecule has 0 saturated carbocycles. The Morgan fingerprint density at radius 2 is 1.95 bits per heavy atom. The highest BCUT2D eigenvalue weighted by Crippen LogP contribution is 2.32. The van der Waals surface area contributed by atoms with E-state index in [0.717, 1.165) is 13.1 Å². The van der Waals surface area contributed by atoms with Crippen molar-refractivity contribution in [3.05, 3.63) is 34.3 Å². The van der Waals surface area contributed by atoms with Gasteiger partial charge in [-0.1, -0.05) is 17.7 Å². The van der Waals surface area contributed by atoms with Crippen molar-refractivity contribution in [1.29, 1.82) is 0 Å². The number of halogens is 4. The van der Waals surface area contributed by atoms with Gasteiger partial charge in [0.05, 0.1) is 11.3 Å². The zero-order valence-corrected chi connectivity index (χ0v) is 12.3. The maximum Gasteiger partial charge on any atom is 0.416 e. The van der Waals surface area contributed by atoms with E-state index < -0.39 is 40.0 Å². The van der Waals surface area contributed by atoms with Crippen molar-refractivity contribution in [2.75, 3.05) is 13.6 Å². The molecular formula is C11H11ClF3NO4S. The van der Waals surface area contributed by atoms with Crippen molar-refractivity contribution in [2.24, 2.45) is 0 Å². The van der Waals surface area contributed by atoms with Crippen LogP contribution in [0.25, 0.3) is 0 Å². The first-order chi connectivity index (χ1) is 9.43. The van der Waals surface area contributed by atoms with Crippen molar-refractivity contribution in [2.45, 2.75) is 11.9 Å². The molecule has 0 radical (unpaired) electrons. The first-order valence-corrected chi connectivity index (χ1v) is 7.43. The maximum atomic E-state index is 12.5. The van der Waals surface area contributed by atoms with Crippen LogP contribution in [-0.2, 0) is 26.7 Å². The normalized spacial score (nSPS) is 12.7. The van der Waals surface area contributed by atoms with Gasteiger partial charge in [0.25, 0.3) is 0 Å². The number of carbonyl (C=O) groups is 1. The minimum atomic E-state index is -4.58. The molecule has 0 amide bonds. The third-order valence-corrected chi connectivity index (χ3v) is 4.66. The molecule has 0 aromatic heterocycles. The second-order valence-electron chi connectivity index (χ2n) is 4.21. The number of aliphatic carboxylic acids is 1. The number of likely N-dealkylation sites (N-methyl/N-ethyl adjacent to an activating group) is 1. The van der Waals surface area contributed by atoms with Gasteiger partial charge in [0.1, 0.15) is 6.54 Å². The molecule has 1 N–H and O–H groups in total. The Morgan fingerprint density at radius 3 is 2.38 bits per heavy atom. The van der Waals surface area contributed by atoms with E-state index in [1.807, 2.05) is 0 Å². The number of benzene rings is 1. The van der Waals surface area contributed by atoms with E-state index in [2.05, 4.69) is 0 Å². The Kier molecular flexibility index (Phi) is 5.24. The number of nitrogens with zero attached hydrogens (tertiary/aromatic N) is 1. The first kappa shape index (κ1) is 17.7. The van der Waals surface area contributed by atoms with E-state index in [9.17, 15) is 26.4 Å². The zero-order chi connectivity index (χ0) is 16.4. The highest BCUT2D eigenvalue weighted by molar-refractivity contribution is 7.88. The summed E-state index contributed by atoms with van der Waals surface area (Å²) in [7, 11) is -2.94. The van der Waals surface area contributed by atoms with Gasteiger partial charge in [-0.3, -0.25) is 4.79 Å². The van der Waals surface area contributed by atoms with E-state index in [4.69, 9.17) is 16.7 Å².